The lowest BCUT2D eigenvalue weighted by Gasteiger charge is -2.14. The summed E-state index contributed by atoms with van der Waals surface area (Å²) in [6.07, 6.45) is 1.99. The molecule has 4 N–H and O–H groups in total. The van der Waals surface area contributed by atoms with E-state index in [9.17, 15) is 13.9 Å². The number of hydrogen-bond acceptors (Lipinski definition) is 3. The van der Waals surface area contributed by atoms with E-state index in [2.05, 4.69) is 31.4 Å². The van der Waals surface area contributed by atoms with Gasteiger partial charge in [0.2, 0.25) is 0 Å². The number of halogens is 3. The highest BCUT2D eigenvalue weighted by Gasteiger charge is 2.10. The molecule has 0 aliphatic rings. The molecule has 168 valence electrons. The van der Waals surface area contributed by atoms with Crippen molar-refractivity contribution in [2.24, 2.45) is 4.99 Å². The van der Waals surface area contributed by atoms with Gasteiger partial charge in [-0.2, -0.15) is 8.78 Å². The molecule has 0 aliphatic carbocycles. The van der Waals surface area contributed by atoms with Gasteiger partial charge in [0, 0.05) is 30.2 Å². The zero-order valence-corrected chi connectivity index (χ0v) is 19.5. The predicted molar refractivity (Wildman–Crippen MR) is 129 cm³/mol. The Bertz CT molecular complexity index is 964. The standard InChI is InChI=1S/C22H26F2N4O2.HI/c1-2-25-22(26-12-11-16-13-27-19-6-4-3-5-18(16)19)28-14-20(29)15-7-9-17(10-8-15)30-21(23)24;/h3-10,13,20-21,27,29H,2,11-12,14H2,1H3,(H2,25,26,28);1H. The molecule has 1 atom stereocenters. The Morgan fingerprint density at radius 1 is 1.13 bits per heavy atom. The van der Waals surface area contributed by atoms with E-state index in [-0.39, 0.29) is 36.3 Å². The van der Waals surface area contributed by atoms with Crippen molar-refractivity contribution in [3.63, 3.8) is 0 Å². The fourth-order valence-electron chi connectivity index (χ4n) is 3.15. The van der Waals surface area contributed by atoms with Gasteiger partial charge in [-0.15, -0.1) is 24.0 Å². The number of nitrogens with one attached hydrogen (secondary N) is 3. The third kappa shape index (κ3) is 7.35. The van der Waals surface area contributed by atoms with Gasteiger partial charge in [0.1, 0.15) is 5.75 Å². The molecular formula is C22H27F2IN4O2. The van der Waals surface area contributed by atoms with Crippen LogP contribution < -0.4 is 15.4 Å². The van der Waals surface area contributed by atoms with Crippen LogP contribution in [0.1, 0.15) is 24.2 Å². The normalized spacial score (nSPS) is 12.5. The Hall–Kier alpha value is -2.40. The lowest BCUT2D eigenvalue weighted by atomic mass is 10.1. The quantitative estimate of drug-likeness (QED) is 0.185. The molecule has 0 fully saturated rings. The molecule has 0 saturated carbocycles. The average molecular weight is 544 g/mol. The minimum Gasteiger partial charge on any atom is -0.435 e. The first-order chi connectivity index (χ1) is 14.6. The van der Waals surface area contributed by atoms with Crippen molar-refractivity contribution >= 4 is 40.8 Å². The number of aromatic amines is 1. The first-order valence-electron chi connectivity index (χ1n) is 9.87. The third-order valence-electron chi connectivity index (χ3n) is 4.62. The average Bonchev–Trinajstić information content (AvgIpc) is 3.15. The van der Waals surface area contributed by atoms with E-state index in [0.717, 1.165) is 11.9 Å². The maximum atomic E-state index is 12.2. The molecule has 6 nitrogen and oxygen atoms in total. The molecule has 0 amide bonds. The van der Waals surface area contributed by atoms with Crippen molar-refractivity contribution in [1.82, 2.24) is 15.6 Å². The van der Waals surface area contributed by atoms with Crippen LogP contribution in [0.3, 0.4) is 0 Å². The number of aliphatic hydroxyl groups excluding tert-OH is 1. The highest BCUT2D eigenvalue weighted by Crippen LogP contribution is 2.20. The van der Waals surface area contributed by atoms with Crippen LogP contribution in [-0.2, 0) is 6.42 Å². The number of aromatic nitrogens is 1. The number of nitrogens with zero attached hydrogens (tertiary/aromatic N) is 1. The van der Waals surface area contributed by atoms with Gasteiger partial charge in [-0.25, -0.2) is 0 Å². The molecule has 0 saturated heterocycles. The largest absolute Gasteiger partial charge is 0.435 e. The van der Waals surface area contributed by atoms with Crippen LogP contribution in [0.25, 0.3) is 10.9 Å². The van der Waals surface area contributed by atoms with E-state index < -0.39 is 12.7 Å². The summed E-state index contributed by atoms with van der Waals surface area (Å²) in [7, 11) is 0. The number of fused-ring (bicyclic) bond motifs is 1. The summed E-state index contributed by atoms with van der Waals surface area (Å²) >= 11 is 0. The van der Waals surface area contributed by atoms with Gasteiger partial charge in [0.15, 0.2) is 5.96 Å². The summed E-state index contributed by atoms with van der Waals surface area (Å²) in [4.78, 5) is 7.69. The third-order valence-corrected chi connectivity index (χ3v) is 4.62. The van der Waals surface area contributed by atoms with Crippen LogP contribution in [0.2, 0.25) is 0 Å². The Morgan fingerprint density at radius 2 is 1.87 bits per heavy atom. The Balaban J connectivity index is 0.00000341. The topological polar surface area (TPSA) is 81.7 Å². The Labute approximate surface area is 197 Å². The van der Waals surface area contributed by atoms with Crippen LogP contribution in [0.5, 0.6) is 5.75 Å². The van der Waals surface area contributed by atoms with Crippen LogP contribution in [-0.4, -0.2) is 42.3 Å². The Kier molecular flexibility index (Phi) is 9.99. The molecule has 1 heterocycles. The molecule has 2 aromatic carbocycles. The second-order valence-corrected chi connectivity index (χ2v) is 6.72. The molecule has 31 heavy (non-hydrogen) atoms. The number of benzene rings is 2. The number of alkyl halides is 2. The molecular weight excluding hydrogens is 517 g/mol. The van der Waals surface area contributed by atoms with E-state index in [0.29, 0.717) is 24.6 Å². The Morgan fingerprint density at radius 3 is 2.58 bits per heavy atom. The van der Waals surface area contributed by atoms with Gasteiger partial charge in [0.25, 0.3) is 0 Å². The van der Waals surface area contributed by atoms with E-state index in [1.165, 1.54) is 23.1 Å². The lowest BCUT2D eigenvalue weighted by molar-refractivity contribution is -0.0498. The van der Waals surface area contributed by atoms with Crippen molar-refractivity contribution in [2.45, 2.75) is 26.1 Å². The number of H-pyrrole nitrogens is 1. The second-order valence-electron chi connectivity index (χ2n) is 6.72. The van der Waals surface area contributed by atoms with Crippen molar-refractivity contribution in [2.75, 3.05) is 19.6 Å². The first-order valence-corrected chi connectivity index (χ1v) is 9.87. The highest BCUT2D eigenvalue weighted by molar-refractivity contribution is 14.0. The summed E-state index contributed by atoms with van der Waals surface area (Å²) < 4.78 is 28.8. The van der Waals surface area contributed by atoms with Crippen molar-refractivity contribution in [3.8, 4) is 5.75 Å². The van der Waals surface area contributed by atoms with Gasteiger partial charge in [-0.1, -0.05) is 30.3 Å². The van der Waals surface area contributed by atoms with Crippen molar-refractivity contribution < 1.29 is 18.6 Å². The fourth-order valence-corrected chi connectivity index (χ4v) is 3.15. The second kappa shape index (κ2) is 12.5. The van der Waals surface area contributed by atoms with E-state index >= 15 is 0 Å². The molecule has 3 rings (SSSR count). The number of rotatable bonds is 9. The molecule has 0 aliphatic heterocycles. The number of ether oxygens (including phenoxy) is 1. The summed E-state index contributed by atoms with van der Waals surface area (Å²) in [5.74, 6) is 0.658. The number of para-hydroxylation sites is 1. The van der Waals surface area contributed by atoms with E-state index in [1.807, 2.05) is 31.3 Å². The zero-order valence-electron chi connectivity index (χ0n) is 17.1. The van der Waals surface area contributed by atoms with E-state index in [1.54, 1.807) is 12.1 Å². The maximum absolute atomic E-state index is 12.2. The van der Waals surface area contributed by atoms with Gasteiger partial charge >= 0.3 is 6.61 Å². The molecule has 0 spiro atoms. The molecule has 0 radical (unpaired) electrons. The van der Waals surface area contributed by atoms with Gasteiger partial charge in [-0.05, 0) is 42.7 Å². The summed E-state index contributed by atoms with van der Waals surface area (Å²) in [6, 6.07) is 14.1. The van der Waals surface area contributed by atoms with Crippen molar-refractivity contribution in [1.29, 1.82) is 0 Å². The van der Waals surface area contributed by atoms with Crippen LogP contribution >= 0.6 is 24.0 Å². The molecule has 9 heteroatoms. The maximum Gasteiger partial charge on any atom is 0.387 e. The summed E-state index contributed by atoms with van der Waals surface area (Å²) in [5, 5.41) is 18.0. The van der Waals surface area contributed by atoms with Gasteiger partial charge < -0.3 is 25.5 Å². The van der Waals surface area contributed by atoms with Crippen LogP contribution in [0.4, 0.5) is 8.78 Å². The number of aliphatic imine (C=N–C) groups is 1. The monoisotopic (exact) mass is 544 g/mol. The van der Waals surface area contributed by atoms with E-state index in [4.69, 9.17) is 0 Å². The predicted octanol–water partition coefficient (Wildman–Crippen LogP) is 4.22. The molecule has 1 aromatic heterocycles. The van der Waals surface area contributed by atoms with Gasteiger partial charge in [-0.3, -0.25) is 4.99 Å². The van der Waals surface area contributed by atoms with Gasteiger partial charge in [0.05, 0.1) is 12.6 Å². The molecule has 0 bridgehead atoms. The number of aliphatic hydroxyl groups is 1. The molecule has 3 aromatic rings. The SMILES string of the molecule is CCNC(=NCC(O)c1ccc(OC(F)F)cc1)NCCc1c[nH]c2ccccc12.I. The summed E-state index contributed by atoms with van der Waals surface area (Å²) in [6.45, 7) is 0.605. The van der Waals surface area contributed by atoms with Crippen LogP contribution in [0.15, 0.2) is 59.7 Å². The number of guanidine groups is 1. The smallest absolute Gasteiger partial charge is 0.387 e. The summed E-state index contributed by atoms with van der Waals surface area (Å²) in [5.41, 5.74) is 2.91. The fraction of sp³-hybridized carbons (Fsp3) is 0.318. The minimum atomic E-state index is -2.87. The highest BCUT2D eigenvalue weighted by atomic mass is 127. The lowest BCUT2D eigenvalue weighted by Crippen LogP contribution is -2.38. The zero-order chi connectivity index (χ0) is 21.3. The van der Waals surface area contributed by atoms with Crippen LogP contribution in [0, 0.1) is 0 Å². The number of hydrogen-bond donors (Lipinski definition) is 4. The molecule has 1 unspecified atom stereocenters. The minimum absolute atomic E-state index is 0. The van der Waals surface area contributed by atoms with Crippen molar-refractivity contribution in [3.05, 3.63) is 65.9 Å². The first kappa shape index (κ1) is 24.9.